The van der Waals surface area contributed by atoms with Crippen molar-refractivity contribution in [2.45, 2.75) is 4.90 Å². The summed E-state index contributed by atoms with van der Waals surface area (Å²) in [5.41, 5.74) is 9.62. The molecule has 0 radical (unpaired) electrons. The molecule has 0 bridgehead atoms. The summed E-state index contributed by atoms with van der Waals surface area (Å²) < 4.78 is 2.02. The van der Waals surface area contributed by atoms with Gasteiger partial charge in [-0.05, 0) is 30.5 Å². The Labute approximate surface area is 121 Å². The Morgan fingerprint density at radius 3 is 2.85 bits per heavy atom. The molecule has 0 aliphatic rings. The van der Waals surface area contributed by atoms with Crippen LogP contribution in [0, 0.1) is 0 Å². The van der Waals surface area contributed by atoms with Crippen molar-refractivity contribution in [1.82, 2.24) is 14.5 Å². The molecule has 100 valence electrons. The molecule has 0 aliphatic carbocycles. The van der Waals surface area contributed by atoms with Gasteiger partial charge in [0.05, 0.1) is 18.2 Å². The summed E-state index contributed by atoms with van der Waals surface area (Å²) in [5.74, 6) is 0. The molecular formula is C15H14N4S. The van der Waals surface area contributed by atoms with Crippen LogP contribution < -0.4 is 5.73 Å². The molecule has 0 aliphatic heterocycles. The third kappa shape index (κ3) is 2.28. The summed E-state index contributed by atoms with van der Waals surface area (Å²) in [7, 11) is 0. The molecule has 0 fully saturated rings. The first-order valence-corrected chi connectivity index (χ1v) is 7.38. The highest BCUT2D eigenvalue weighted by molar-refractivity contribution is 7.98. The maximum atomic E-state index is 6.03. The number of benzene rings is 1. The van der Waals surface area contributed by atoms with E-state index in [9.17, 15) is 0 Å². The highest BCUT2D eigenvalue weighted by atomic mass is 32.2. The number of anilines is 1. The van der Waals surface area contributed by atoms with Crippen molar-refractivity contribution < 1.29 is 0 Å². The second-order valence-corrected chi connectivity index (χ2v) is 5.19. The van der Waals surface area contributed by atoms with Crippen molar-refractivity contribution in [1.29, 1.82) is 0 Å². The van der Waals surface area contributed by atoms with Gasteiger partial charge < -0.3 is 5.73 Å². The van der Waals surface area contributed by atoms with Crippen LogP contribution in [0.2, 0.25) is 0 Å². The second kappa shape index (κ2) is 5.38. The first-order valence-electron chi connectivity index (χ1n) is 6.16. The average molecular weight is 282 g/mol. The fourth-order valence-electron chi connectivity index (χ4n) is 2.08. The largest absolute Gasteiger partial charge is 0.398 e. The molecule has 5 heteroatoms. The van der Waals surface area contributed by atoms with Gasteiger partial charge in [0.15, 0.2) is 0 Å². The third-order valence-electron chi connectivity index (χ3n) is 3.10. The molecule has 0 saturated heterocycles. The quantitative estimate of drug-likeness (QED) is 0.749. The lowest BCUT2D eigenvalue weighted by Crippen LogP contribution is -1.98. The second-order valence-electron chi connectivity index (χ2n) is 4.31. The molecule has 20 heavy (non-hydrogen) atoms. The Bertz CT molecular complexity index is 736. The number of nitrogens with two attached hydrogens (primary N) is 1. The predicted molar refractivity (Wildman–Crippen MR) is 83.0 cm³/mol. The summed E-state index contributed by atoms with van der Waals surface area (Å²) in [4.78, 5) is 9.60. The molecular weight excluding hydrogens is 268 g/mol. The molecule has 3 rings (SSSR count). The van der Waals surface area contributed by atoms with Crippen LogP contribution >= 0.6 is 11.8 Å². The molecule has 0 saturated carbocycles. The molecule has 4 nitrogen and oxygen atoms in total. The number of aromatic nitrogens is 3. The number of hydrogen-bond acceptors (Lipinski definition) is 4. The van der Waals surface area contributed by atoms with Crippen LogP contribution in [0.1, 0.15) is 0 Å². The van der Waals surface area contributed by atoms with Crippen molar-refractivity contribution in [3.05, 3.63) is 55.2 Å². The van der Waals surface area contributed by atoms with E-state index in [4.69, 9.17) is 5.73 Å². The van der Waals surface area contributed by atoms with Crippen molar-refractivity contribution in [3.8, 4) is 16.9 Å². The van der Waals surface area contributed by atoms with Gasteiger partial charge in [-0.3, -0.25) is 9.55 Å². The zero-order chi connectivity index (χ0) is 13.9. The molecule has 0 amide bonds. The molecule has 2 heterocycles. The number of nitrogen functional groups attached to an aromatic ring is 1. The van der Waals surface area contributed by atoms with Crippen LogP contribution in [0.4, 0.5) is 5.69 Å². The summed E-state index contributed by atoms with van der Waals surface area (Å²) in [6, 6.07) is 10.1. The predicted octanol–water partition coefficient (Wildman–Crippen LogP) is 3.24. The fraction of sp³-hybridized carbons (Fsp3) is 0.0667. The Hall–Kier alpha value is -2.27. The number of nitrogens with zero attached hydrogens (tertiary/aromatic N) is 3. The summed E-state index contributed by atoms with van der Waals surface area (Å²) in [6.07, 6.45) is 9.11. The van der Waals surface area contributed by atoms with Gasteiger partial charge >= 0.3 is 0 Å². The smallest absolute Gasteiger partial charge is 0.0997 e. The minimum absolute atomic E-state index is 0.697. The number of hydrogen-bond donors (Lipinski definition) is 1. The van der Waals surface area contributed by atoms with Gasteiger partial charge in [0.2, 0.25) is 0 Å². The van der Waals surface area contributed by atoms with Gasteiger partial charge in [-0.1, -0.05) is 6.07 Å². The van der Waals surface area contributed by atoms with E-state index in [1.165, 1.54) is 4.90 Å². The first-order chi connectivity index (χ1) is 9.79. The Kier molecular flexibility index (Phi) is 3.43. The lowest BCUT2D eigenvalue weighted by Gasteiger charge is -2.10. The van der Waals surface area contributed by atoms with Gasteiger partial charge in [0.1, 0.15) is 0 Å². The van der Waals surface area contributed by atoms with Crippen molar-refractivity contribution >= 4 is 17.4 Å². The summed E-state index contributed by atoms with van der Waals surface area (Å²) in [5, 5.41) is 0. The molecule has 2 N–H and O–H groups in total. The van der Waals surface area contributed by atoms with E-state index in [0.717, 1.165) is 16.9 Å². The number of rotatable bonds is 3. The lowest BCUT2D eigenvalue weighted by atomic mass is 10.2. The number of imidazole rings is 1. The molecule has 0 atom stereocenters. The minimum atomic E-state index is 0.697. The Morgan fingerprint density at radius 1 is 1.15 bits per heavy atom. The van der Waals surface area contributed by atoms with Crippen molar-refractivity contribution in [3.63, 3.8) is 0 Å². The van der Waals surface area contributed by atoms with Gasteiger partial charge in [0, 0.05) is 34.2 Å². The molecule has 0 unspecified atom stereocenters. The zero-order valence-electron chi connectivity index (χ0n) is 11.0. The standard InChI is InChI=1S/C15H14N4S/c1-20-12-4-2-3-11(7-12)19-10-18-9-15(19)13-8-17-6-5-14(13)16/h2-10H,1H3,(H2,16,17). The van der Waals surface area contributed by atoms with Crippen LogP contribution in [0.3, 0.4) is 0 Å². The highest BCUT2D eigenvalue weighted by Gasteiger charge is 2.10. The normalized spacial score (nSPS) is 10.7. The topological polar surface area (TPSA) is 56.7 Å². The lowest BCUT2D eigenvalue weighted by molar-refractivity contribution is 1.05. The number of pyridine rings is 1. The Morgan fingerprint density at radius 2 is 2.05 bits per heavy atom. The van der Waals surface area contributed by atoms with Gasteiger partial charge in [-0.2, -0.15) is 0 Å². The highest BCUT2D eigenvalue weighted by Crippen LogP contribution is 2.28. The molecule has 3 aromatic rings. The zero-order valence-corrected chi connectivity index (χ0v) is 11.8. The van der Waals surface area contributed by atoms with Crippen LogP contribution in [0.15, 0.2) is 60.1 Å². The van der Waals surface area contributed by atoms with Gasteiger partial charge in [0.25, 0.3) is 0 Å². The third-order valence-corrected chi connectivity index (χ3v) is 3.83. The van der Waals surface area contributed by atoms with Crippen molar-refractivity contribution in [2.24, 2.45) is 0 Å². The van der Waals surface area contributed by atoms with E-state index in [1.807, 2.05) is 10.6 Å². The van der Waals surface area contributed by atoms with E-state index in [1.54, 1.807) is 42.7 Å². The molecule has 1 aromatic carbocycles. The van der Waals surface area contributed by atoms with Crippen LogP contribution in [-0.4, -0.2) is 20.8 Å². The number of thioether (sulfide) groups is 1. The van der Waals surface area contributed by atoms with Crippen LogP contribution in [0.25, 0.3) is 16.9 Å². The SMILES string of the molecule is CSc1cccc(-n2cncc2-c2cnccc2N)c1. The van der Waals surface area contributed by atoms with E-state index in [-0.39, 0.29) is 0 Å². The molecule has 2 aromatic heterocycles. The van der Waals surface area contributed by atoms with E-state index in [2.05, 4.69) is 34.4 Å². The fourth-order valence-corrected chi connectivity index (χ4v) is 2.53. The van der Waals surface area contributed by atoms with E-state index < -0.39 is 0 Å². The monoisotopic (exact) mass is 282 g/mol. The maximum absolute atomic E-state index is 6.03. The van der Waals surface area contributed by atoms with E-state index in [0.29, 0.717) is 5.69 Å². The summed E-state index contributed by atoms with van der Waals surface area (Å²) in [6.45, 7) is 0. The Balaban J connectivity index is 2.13. The van der Waals surface area contributed by atoms with E-state index >= 15 is 0 Å². The van der Waals surface area contributed by atoms with Gasteiger partial charge in [-0.15, -0.1) is 11.8 Å². The molecule has 0 spiro atoms. The van der Waals surface area contributed by atoms with Gasteiger partial charge in [-0.25, -0.2) is 4.98 Å². The first kappa shape index (κ1) is 12.7. The maximum Gasteiger partial charge on any atom is 0.0997 e. The minimum Gasteiger partial charge on any atom is -0.398 e. The van der Waals surface area contributed by atoms with Crippen LogP contribution in [-0.2, 0) is 0 Å². The van der Waals surface area contributed by atoms with Crippen molar-refractivity contribution in [2.75, 3.05) is 12.0 Å². The summed E-state index contributed by atoms with van der Waals surface area (Å²) >= 11 is 1.71. The average Bonchev–Trinajstić information content (AvgIpc) is 2.97. The van der Waals surface area contributed by atoms with Crippen LogP contribution in [0.5, 0.6) is 0 Å².